The molecule has 0 saturated carbocycles. The number of nitrogens with zero attached hydrogens (tertiary/aromatic N) is 4. The lowest BCUT2D eigenvalue weighted by Crippen LogP contribution is -2.30. The van der Waals surface area contributed by atoms with Gasteiger partial charge in [-0.05, 0) is 14.1 Å². The van der Waals surface area contributed by atoms with Gasteiger partial charge in [-0.1, -0.05) is 0 Å². The number of hydrogen-bond acceptors (Lipinski definition) is 5. The molecule has 0 aliphatic rings. The van der Waals surface area contributed by atoms with Crippen LogP contribution in [0.4, 0.5) is 19.1 Å². The molecule has 0 bridgehead atoms. The Hall–Kier alpha value is -1.90. The van der Waals surface area contributed by atoms with Gasteiger partial charge in [0, 0.05) is 26.3 Å². The van der Waals surface area contributed by atoms with Gasteiger partial charge in [0.1, 0.15) is 5.56 Å². The Morgan fingerprint density at radius 3 is 2.35 bits per heavy atom. The zero-order valence-corrected chi connectivity index (χ0v) is 11.3. The maximum Gasteiger partial charge on any atom is 0.434 e. The van der Waals surface area contributed by atoms with Gasteiger partial charge in [-0.2, -0.15) is 13.2 Å². The van der Waals surface area contributed by atoms with Crippen LogP contribution in [0.1, 0.15) is 16.1 Å². The SMILES string of the molecule is CN(C)CCN(C)c1ncc(C(=O)O)c(C(F)(F)F)n1. The zero-order chi connectivity index (χ0) is 15.5. The van der Waals surface area contributed by atoms with Gasteiger partial charge in [0.05, 0.1) is 0 Å². The van der Waals surface area contributed by atoms with Crippen LogP contribution >= 0.6 is 0 Å². The molecule has 1 rings (SSSR count). The maximum absolute atomic E-state index is 12.8. The largest absolute Gasteiger partial charge is 0.478 e. The van der Waals surface area contributed by atoms with Crippen molar-refractivity contribution in [2.24, 2.45) is 0 Å². The van der Waals surface area contributed by atoms with Crippen LogP contribution in [-0.2, 0) is 6.18 Å². The summed E-state index contributed by atoms with van der Waals surface area (Å²) >= 11 is 0. The molecule has 0 radical (unpaired) electrons. The maximum atomic E-state index is 12.8. The second-order valence-corrected chi connectivity index (χ2v) is 4.46. The molecule has 1 aromatic rings. The Kier molecular flexibility index (Phi) is 4.88. The second-order valence-electron chi connectivity index (χ2n) is 4.46. The monoisotopic (exact) mass is 292 g/mol. The standard InChI is InChI=1S/C11H15F3N4O2/c1-17(2)4-5-18(3)10-15-6-7(9(19)20)8(16-10)11(12,13)14/h6H,4-5H2,1-3H3,(H,19,20). The molecule has 9 heteroatoms. The number of carbonyl (C=O) groups is 1. The smallest absolute Gasteiger partial charge is 0.434 e. The number of hydrogen-bond donors (Lipinski definition) is 1. The molecule has 1 N–H and O–H groups in total. The van der Waals surface area contributed by atoms with E-state index in [0.717, 1.165) is 0 Å². The Bertz CT molecular complexity index is 491. The van der Waals surface area contributed by atoms with Crippen LogP contribution in [0.15, 0.2) is 6.20 Å². The van der Waals surface area contributed by atoms with Crippen molar-refractivity contribution < 1.29 is 23.1 Å². The van der Waals surface area contributed by atoms with Crippen molar-refractivity contribution in [1.82, 2.24) is 14.9 Å². The molecule has 0 aliphatic heterocycles. The van der Waals surface area contributed by atoms with Crippen LogP contribution < -0.4 is 4.90 Å². The van der Waals surface area contributed by atoms with Gasteiger partial charge in [-0.15, -0.1) is 0 Å². The van der Waals surface area contributed by atoms with E-state index in [4.69, 9.17) is 5.11 Å². The summed E-state index contributed by atoms with van der Waals surface area (Å²) < 4.78 is 38.4. The molecule has 0 atom stereocenters. The molecule has 0 amide bonds. The van der Waals surface area contributed by atoms with Gasteiger partial charge in [0.25, 0.3) is 0 Å². The fourth-order valence-corrected chi connectivity index (χ4v) is 1.38. The van der Waals surface area contributed by atoms with Crippen molar-refractivity contribution in [2.45, 2.75) is 6.18 Å². The van der Waals surface area contributed by atoms with Gasteiger partial charge >= 0.3 is 12.1 Å². The molecule has 0 saturated heterocycles. The fourth-order valence-electron chi connectivity index (χ4n) is 1.38. The molecule has 0 aliphatic carbocycles. The zero-order valence-electron chi connectivity index (χ0n) is 11.3. The van der Waals surface area contributed by atoms with Gasteiger partial charge in [-0.25, -0.2) is 14.8 Å². The van der Waals surface area contributed by atoms with E-state index < -0.39 is 23.4 Å². The van der Waals surface area contributed by atoms with Gasteiger partial charge < -0.3 is 14.9 Å². The van der Waals surface area contributed by atoms with Crippen LogP contribution in [0.2, 0.25) is 0 Å². The lowest BCUT2D eigenvalue weighted by atomic mass is 10.2. The number of carboxylic acids is 1. The molecule has 1 heterocycles. The first-order chi connectivity index (χ1) is 9.12. The van der Waals surface area contributed by atoms with Crippen molar-refractivity contribution in [1.29, 1.82) is 0 Å². The third kappa shape index (κ3) is 4.05. The lowest BCUT2D eigenvalue weighted by Gasteiger charge is -2.20. The number of alkyl halides is 3. The van der Waals surface area contributed by atoms with E-state index in [9.17, 15) is 18.0 Å². The van der Waals surface area contributed by atoms with Crippen molar-refractivity contribution in [2.75, 3.05) is 39.1 Å². The van der Waals surface area contributed by atoms with Crippen molar-refractivity contribution in [3.05, 3.63) is 17.5 Å². The van der Waals surface area contributed by atoms with Crippen molar-refractivity contribution >= 4 is 11.9 Å². The number of anilines is 1. The highest BCUT2D eigenvalue weighted by Gasteiger charge is 2.38. The highest BCUT2D eigenvalue weighted by atomic mass is 19.4. The summed E-state index contributed by atoms with van der Waals surface area (Å²) in [6.07, 6.45) is -4.16. The quantitative estimate of drug-likeness (QED) is 0.879. The summed E-state index contributed by atoms with van der Waals surface area (Å²) in [5.41, 5.74) is -2.39. The Balaban J connectivity index is 3.10. The summed E-state index contributed by atoms with van der Waals surface area (Å²) in [6, 6.07) is 0. The molecular formula is C11H15F3N4O2. The van der Waals surface area contributed by atoms with E-state index in [-0.39, 0.29) is 5.95 Å². The van der Waals surface area contributed by atoms with Gasteiger partial charge in [-0.3, -0.25) is 0 Å². The first-order valence-corrected chi connectivity index (χ1v) is 5.66. The van der Waals surface area contributed by atoms with Gasteiger partial charge in [0.15, 0.2) is 5.69 Å². The normalized spacial score (nSPS) is 11.8. The highest BCUT2D eigenvalue weighted by Crippen LogP contribution is 2.31. The van der Waals surface area contributed by atoms with Crippen LogP contribution in [0, 0.1) is 0 Å². The average Bonchev–Trinajstić information content (AvgIpc) is 2.33. The fraction of sp³-hybridized carbons (Fsp3) is 0.545. The molecule has 1 aromatic heterocycles. The Labute approximate surface area is 113 Å². The molecule has 0 aromatic carbocycles. The van der Waals surface area contributed by atoms with E-state index in [0.29, 0.717) is 19.3 Å². The number of likely N-dealkylation sites (N-methyl/N-ethyl adjacent to an activating group) is 2. The van der Waals surface area contributed by atoms with Crippen LogP contribution in [0.5, 0.6) is 0 Å². The molecule has 0 fully saturated rings. The summed E-state index contributed by atoms with van der Waals surface area (Å²) in [5, 5.41) is 8.73. The van der Waals surface area contributed by atoms with Gasteiger partial charge in [0.2, 0.25) is 5.95 Å². The minimum atomic E-state index is -4.84. The highest BCUT2D eigenvalue weighted by molar-refractivity contribution is 5.88. The van der Waals surface area contributed by atoms with E-state index in [1.165, 1.54) is 4.90 Å². The van der Waals surface area contributed by atoms with Crippen LogP contribution in [-0.4, -0.2) is 60.2 Å². The van der Waals surface area contributed by atoms with Crippen molar-refractivity contribution in [3.63, 3.8) is 0 Å². The van der Waals surface area contributed by atoms with E-state index in [1.807, 2.05) is 19.0 Å². The predicted octanol–water partition coefficient (Wildman–Crippen LogP) is 1.19. The average molecular weight is 292 g/mol. The Morgan fingerprint density at radius 1 is 1.30 bits per heavy atom. The summed E-state index contributed by atoms with van der Waals surface area (Å²) in [5.74, 6) is -1.87. The van der Waals surface area contributed by atoms with Crippen molar-refractivity contribution in [3.8, 4) is 0 Å². The number of halogens is 3. The molecular weight excluding hydrogens is 277 g/mol. The van der Waals surface area contributed by atoms with Crippen LogP contribution in [0.3, 0.4) is 0 Å². The number of aromatic carboxylic acids is 1. The Morgan fingerprint density at radius 2 is 1.90 bits per heavy atom. The number of carboxylic acid groups (broad SMARTS) is 1. The molecule has 0 spiro atoms. The number of rotatable bonds is 5. The first kappa shape index (κ1) is 16.2. The molecule has 20 heavy (non-hydrogen) atoms. The topological polar surface area (TPSA) is 69.6 Å². The van der Waals surface area contributed by atoms with E-state index in [2.05, 4.69) is 9.97 Å². The minimum absolute atomic E-state index is 0.163. The third-order valence-corrected chi connectivity index (χ3v) is 2.50. The lowest BCUT2D eigenvalue weighted by molar-refractivity contribution is -0.141. The van der Waals surface area contributed by atoms with E-state index >= 15 is 0 Å². The summed E-state index contributed by atoms with van der Waals surface area (Å²) in [6.45, 7) is 1.01. The summed E-state index contributed by atoms with van der Waals surface area (Å²) in [7, 11) is 5.19. The number of aromatic nitrogens is 2. The molecule has 0 unspecified atom stereocenters. The predicted molar refractivity (Wildman–Crippen MR) is 65.8 cm³/mol. The van der Waals surface area contributed by atoms with Crippen LogP contribution in [0.25, 0.3) is 0 Å². The third-order valence-electron chi connectivity index (χ3n) is 2.50. The summed E-state index contributed by atoms with van der Waals surface area (Å²) in [4.78, 5) is 21.1. The molecule has 112 valence electrons. The second kappa shape index (κ2) is 6.04. The first-order valence-electron chi connectivity index (χ1n) is 5.66. The molecule has 6 nitrogen and oxygen atoms in total. The minimum Gasteiger partial charge on any atom is -0.478 e. The van der Waals surface area contributed by atoms with E-state index in [1.54, 1.807) is 7.05 Å².